The molecule has 88 valence electrons. The van der Waals surface area contributed by atoms with Gasteiger partial charge >= 0.3 is 7.12 Å². The Kier molecular flexibility index (Phi) is 3.00. The molecule has 4 nitrogen and oxygen atoms in total. The third-order valence-electron chi connectivity index (χ3n) is 2.60. The highest BCUT2D eigenvalue weighted by Crippen LogP contribution is 2.26. The maximum Gasteiger partial charge on any atom is 0.491 e. The normalized spacial score (nSPS) is 10.6. The minimum Gasteiger partial charge on any atom is -0.423 e. The summed E-state index contributed by atoms with van der Waals surface area (Å²) in [6, 6.07) is 4.17. The third-order valence-corrected chi connectivity index (χ3v) is 2.60. The van der Waals surface area contributed by atoms with Crippen molar-refractivity contribution < 1.29 is 19.0 Å². The lowest BCUT2D eigenvalue weighted by molar-refractivity contribution is 0.393. The first-order chi connectivity index (χ1) is 8.00. The van der Waals surface area contributed by atoms with Crippen molar-refractivity contribution in [2.24, 2.45) is 0 Å². The van der Waals surface area contributed by atoms with Gasteiger partial charge in [-0.2, -0.15) is 0 Å². The quantitative estimate of drug-likeness (QED) is 0.754. The lowest BCUT2D eigenvalue weighted by Gasteiger charge is -2.05. The van der Waals surface area contributed by atoms with Crippen molar-refractivity contribution in [1.29, 1.82) is 0 Å². The Morgan fingerprint density at radius 3 is 2.47 bits per heavy atom. The van der Waals surface area contributed by atoms with Crippen LogP contribution in [0.1, 0.15) is 11.5 Å². The van der Waals surface area contributed by atoms with Gasteiger partial charge in [0.1, 0.15) is 11.6 Å². The molecule has 0 aliphatic carbocycles. The van der Waals surface area contributed by atoms with Gasteiger partial charge < -0.3 is 14.6 Å². The lowest BCUT2D eigenvalue weighted by atomic mass is 9.79. The van der Waals surface area contributed by atoms with Crippen molar-refractivity contribution in [3.05, 3.63) is 35.5 Å². The first kappa shape index (κ1) is 11.8. The Bertz CT molecular complexity index is 534. The SMILES string of the molecule is Cc1noc(C)c1-c1ccc(B(O)O)c(F)c1. The number of nitrogens with zero attached hydrogens (tertiary/aromatic N) is 1. The first-order valence-corrected chi connectivity index (χ1v) is 5.09. The molecule has 0 unspecified atom stereocenters. The molecule has 0 atom stereocenters. The molecule has 0 radical (unpaired) electrons. The van der Waals surface area contributed by atoms with Crippen molar-refractivity contribution in [1.82, 2.24) is 5.16 Å². The number of halogens is 1. The van der Waals surface area contributed by atoms with Crippen molar-refractivity contribution in [2.45, 2.75) is 13.8 Å². The van der Waals surface area contributed by atoms with Crippen LogP contribution in [0.15, 0.2) is 22.7 Å². The minimum absolute atomic E-state index is 0.152. The van der Waals surface area contributed by atoms with E-state index in [4.69, 9.17) is 14.6 Å². The Morgan fingerprint density at radius 1 is 1.29 bits per heavy atom. The number of aromatic nitrogens is 1. The van der Waals surface area contributed by atoms with Gasteiger partial charge in [-0.05, 0) is 25.5 Å². The summed E-state index contributed by atoms with van der Waals surface area (Å²) >= 11 is 0. The highest BCUT2D eigenvalue weighted by Gasteiger charge is 2.18. The van der Waals surface area contributed by atoms with Gasteiger partial charge in [0, 0.05) is 11.0 Å². The van der Waals surface area contributed by atoms with Crippen LogP contribution in [-0.4, -0.2) is 22.3 Å². The molecule has 0 saturated heterocycles. The van der Waals surface area contributed by atoms with Gasteiger partial charge in [-0.3, -0.25) is 0 Å². The molecule has 2 N–H and O–H groups in total. The molecule has 0 spiro atoms. The van der Waals surface area contributed by atoms with Gasteiger partial charge in [-0.1, -0.05) is 17.3 Å². The van der Waals surface area contributed by atoms with E-state index >= 15 is 0 Å². The summed E-state index contributed by atoms with van der Waals surface area (Å²) in [5, 5.41) is 21.6. The number of rotatable bonds is 2. The summed E-state index contributed by atoms with van der Waals surface area (Å²) in [6.45, 7) is 3.50. The first-order valence-electron chi connectivity index (χ1n) is 5.09. The number of benzene rings is 1. The van der Waals surface area contributed by atoms with E-state index in [9.17, 15) is 4.39 Å². The minimum atomic E-state index is -1.81. The third kappa shape index (κ3) is 2.09. The zero-order chi connectivity index (χ0) is 12.6. The predicted octanol–water partition coefficient (Wildman–Crippen LogP) is 0.777. The largest absolute Gasteiger partial charge is 0.491 e. The van der Waals surface area contributed by atoms with Gasteiger partial charge in [-0.15, -0.1) is 0 Å². The van der Waals surface area contributed by atoms with Gasteiger partial charge in [-0.25, -0.2) is 4.39 Å². The van der Waals surface area contributed by atoms with Crippen molar-refractivity contribution in [2.75, 3.05) is 0 Å². The maximum atomic E-state index is 13.6. The van der Waals surface area contributed by atoms with E-state index in [1.54, 1.807) is 19.9 Å². The molecule has 17 heavy (non-hydrogen) atoms. The standard InChI is InChI=1S/C11H11BFNO3/c1-6-11(7(2)17-14-6)8-3-4-9(12(15)16)10(13)5-8/h3-5,15-16H,1-2H3. The van der Waals surface area contributed by atoms with Crippen LogP contribution in [0, 0.1) is 19.7 Å². The van der Waals surface area contributed by atoms with Crippen LogP contribution >= 0.6 is 0 Å². The van der Waals surface area contributed by atoms with E-state index in [-0.39, 0.29) is 5.46 Å². The summed E-state index contributed by atoms with van der Waals surface area (Å²) in [6.07, 6.45) is 0. The molecule has 0 aliphatic rings. The summed E-state index contributed by atoms with van der Waals surface area (Å²) in [5.41, 5.74) is 1.84. The van der Waals surface area contributed by atoms with E-state index in [0.717, 1.165) is 5.56 Å². The molecule has 1 aromatic carbocycles. The summed E-state index contributed by atoms with van der Waals surface area (Å²) in [4.78, 5) is 0. The van der Waals surface area contributed by atoms with E-state index in [1.165, 1.54) is 12.1 Å². The summed E-state index contributed by atoms with van der Waals surface area (Å²) < 4.78 is 18.6. The average Bonchev–Trinajstić information content (AvgIpc) is 2.58. The van der Waals surface area contributed by atoms with E-state index in [2.05, 4.69) is 5.16 Å². The molecule has 0 aliphatic heterocycles. The fourth-order valence-electron chi connectivity index (χ4n) is 1.79. The molecule has 0 saturated carbocycles. The Morgan fingerprint density at radius 2 is 2.00 bits per heavy atom. The zero-order valence-electron chi connectivity index (χ0n) is 9.44. The number of aryl methyl sites for hydroxylation is 2. The second-order valence-electron chi connectivity index (χ2n) is 3.81. The Balaban J connectivity index is 2.52. The molecule has 6 heteroatoms. The molecule has 1 aromatic heterocycles. The van der Waals surface area contributed by atoms with Crippen LogP contribution in [0.3, 0.4) is 0 Å². The maximum absolute atomic E-state index is 13.6. The van der Waals surface area contributed by atoms with Crippen molar-refractivity contribution >= 4 is 12.6 Å². The van der Waals surface area contributed by atoms with Crippen LogP contribution in [0.5, 0.6) is 0 Å². The van der Waals surface area contributed by atoms with Gasteiger partial charge in [0.2, 0.25) is 0 Å². The van der Waals surface area contributed by atoms with Gasteiger partial charge in [0.25, 0.3) is 0 Å². The van der Waals surface area contributed by atoms with E-state index in [0.29, 0.717) is 17.0 Å². The second-order valence-corrected chi connectivity index (χ2v) is 3.81. The van der Waals surface area contributed by atoms with Crippen molar-refractivity contribution in [3.63, 3.8) is 0 Å². The molecule has 2 rings (SSSR count). The molecule has 1 heterocycles. The fraction of sp³-hybridized carbons (Fsp3) is 0.182. The van der Waals surface area contributed by atoms with Gasteiger partial charge in [0.05, 0.1) is 5.69 Å². The van der Waals surface area contributed by atoms with Crippen molar-refractivity contribution in [3.8, 4) is 11.1 Å². The molecular formula is C11H11BFNO3. The smallest absolute Gasteiger partial charge is 0.423 e. The fourth-order valence-corrected chi connectivity index (χ4v) is 1.79. The highest BCUT2D eigenvalue weighted by molar-refractivity contribution is 6.58. The van der Waals surface area contributed by atoms with Gasteiger partial charge in [0.15, 0.2) is 0 Å². The van der Waals surface area contributed by atoms with Crippen LogP contribution in [0.2, 0.25) is 0 Å². The number of hydrogen-bond acceptors (Lipinski definition) is 4. The van der Waals surface area contributed by atoms with Crippen LogP contribution in [-0.2, 0) is 0 Å². The average molecular weight is 235 g/mol. The van der Waals surface area contributed by atoms with E-state index < -0.39 is 12.9 Å². The second kappa shape index (κ2) is 4.31. The molecule has 0 fully saturated rings. The molecule has 0 amide bonds. The monoisotopic (exact) mass is 235 g/mol. The summed E-state index contributed by atoms with van der Waals surface area (Å²) in [5.74, 6) is -0.0725. The Labute approximate surface area is 97.8 Å². The Hall–Kier alpha value is -1.66. The molecular weight excluding hydrogens is 224 g/mol. The number of hydrogen-bond donors (Lipinski definition) is 2. The predicted molar refractivity (Wildman–Crippen MR) is 61.2 cm³/mol. The van der Waals surface area contributed by atoms with Crippen LogP contribution < -0.4 is 5.46 Å². The zero-order valence-corrected chi connectivity index (χ0v) is 9.44. The van der Waals surface area contributed by atoms with Crippen LogP contribution in [0.25, 0.3) is 11.1 Å². The summed E-state index contributed by atoms with van der Waals surface area (Å²) in [7, 11) is -1.81. The lowest BCUT2D eigenvalue weighted by Crippen LogP contribution is -2.32. The highest BCUT2D eigenvalue weighted by atomic mass is 19.1. The molecule has 2 aromatic rings. The van der Waals surface area contributed by atoms with E-state index in [1.807, 2.05) is 0 Å². The van der Waals surface area contributed by atoms with Crippen LogP contribution in [0.4, 0.5) is 4.39 Å². The topological polar surface area (TPSA) is 66.5 Å². The molecule has 0 bridgehead atoms.